The van der Waals surface area contributed by atoms with Gasteiger partial charge in [-0.05, 0) is 43.9 Å². The Balaban J connectivity index is 1.95. The maximum absolute atomic E-state index is 13.3. The number of hydrogen-bond donors (Lipinski definition) is 0. The summed E-state index contributed by atoms with van der Waals surface area (Å²) in [6.45, 7) is 1.16. The van der Waals surface area contributed by atoms with Gasteiger partial charge in [-0.3, -0.25) is 14.6 Å². The van der Waals surface area contributed by atoms with Crippen molar-refractivity contribution in [3.63, 3.8) is 0 Å². The molecule has 3 aromatic rings. The van der Waals surface area contributed by atoms with Gasteiger partial charge in [0.05, 0.1) is 17.0 Å². The van der Waals surface area contributed by atoms with Crippen molar-refractivity contribution < 1.29 is 9.21 Å². The summed E-state index contributed by atoms with van der Waals surface area (Å²) >= 11 is 3.40. The third-order valence-corrected chi connectivity index (χ3v) is 5.21. The van der Waals surface area contributed by atoms with E-state index in [1.807, 2.05) is 25.1 Å². The van der Waals surface area contributed by atoms with Gasteiger partial charge in [0.25, 0.3) is 5.91 Å². The van der Waals surface area contributed by atoms with Crippen LogP contribution in [0, 0.1) is 0 Å². The monoisotopic (exact) mass is 427 g/mol. The van der Waals surface area contributed by atoms with Gasteiger partial charge in [-0.25, -0.2) is 0 Å². The topological polar surface area (TPSA) is 66.7 Å². The second kappa shape index (κ2) is 6.90. The highest BCUT2D eigenvalue weighted by Crippen LogP contribution is 2.37. The zero-order valence-corrected chi connectivity index (χ0v) is 16.6. The van der Waals surface area contributed by atoms with Crippen molar-refractivity contribution in [2.75, 3.05) is 27.2 Å². The van der Waals surface area contributed by atoms with Gasteiger partial charge in [0.1, 0.15) is 5.58 Å². The molecular weight excluding hydrogens is 410 g/mol. The predicted molar refractivity (Wildman–Crippen MR) is 106 cm³/mol. The fourth-order valence-corrected chi connectivity index (χ4v) is 3.78. The molecule has 0 unspecified atom stereocenters. The lowest BCUT2D eigenvalue weighted by Gasteiger charge is -2.26. The maximum Gasteiger partial charge on any atom is 0.290 e. The molecule has 6 nitrogen and oxygen atoms in total. The summed E-state index contributed by atoms with van der Waals surface area (Å²) in [5, 5.41) is 0.458. The second-order valence-corrected chi connectivity index (χ2v) is 7.72. The Morgan fingerprint density at radius 2 is 2.07 bits per heavy atom. The van der Waals surface area contributed by atoms with E-state index in [-0.39, 0.29) is 17.1 Å². The number of pyridine rings is 1. The molecule has 0 aliphatic carbocycles. The van der Waals surface area contributed by atoms with Crippen molar-refractivity contribution in [3.05, 3.63) is 74.3 Å². The van der Waals surface area contributed by atoms with Gasteiger partial charge in [0.2, 0.25) is 5.76 Å². The summed E-state index contributed by atoms with van der Waals surface area (Å²) < 4.78 is 6.68. The van der Waals surface area contributed by atoms with E-state index in [1.165, 1.54) is 0 Å². The molecule has 1 aromatic carbocycles. The number of carbonyl (C=O) groups excluding carboxylic acids is 1. The number of rotatable bonds is 4. The Kier molecular flexibility index (Phi) is 4.57. The molecule has 2 aromatic heterocycles. The van der Waals surface area contributed by atoms with Gasteiger partial charge in [-0.2, -0.15) is 0 Å². The molecule has 27 heavy (non-hydrogen) atoms. The van der Waals surface area contributed by atoms with E-state index < -0.39 is 6.04 Å². The van der Waals surface area contributed by atoms with Crippen molar-refractivity contribution >= 4 is 32.8 Å². The average Bonchev–Trinajstić information content (AvgIpc) is 2.94. The summed E-state index contributed by atoms with van der Waals surface area (Å²) in [7, 11) is 3.89. The highest BCUT2D eigenvalue weighted by atomic mass is 79.9. The number of halogens is 1. The summed E-state index contributed by atoms with van der Waals surface area (Å²) in [6.07, 6.45) is 3.37. The molecule has 1 aliphatic rings. The molecule has 0 bridgehead atoms. The van der Waals surface area contributed by atoms with Gasteiger partial charge in [0, 0.05) is 30.0 Å². The van der Waals surface area contributed by atoms with Crippen molar-refractivity contribution in [2.45, 2.75) is 6.04 Å². The number of aromatic nitrogens is 1. The van der Waals surface area contributed by atoms with Crippen LogP contribution in [0.25, 0.3) is 11.0 Å². The summed E-state index contributed by atoms with van der Waals surface area (Å²) in [6, 6.07) is 8.42. The Morgan fingerprint density at radius 1 is 1.26 bits per heavy atom. The van der Waals surface area contributed by atoms with Crippen molar-refractivity contribution in [2.24, 2.45) is 0 Å². The van der Waals surface area contributed by atoms with Crippen LogP contribution in [0.5, 0.6) is 0 Å². The standard InChI is InChI=1S/C20H18BrN3O3/c1-23(2)8-9-24-17(12-4-3-7-22-11-12)16-18(25)14-10-13(21)5-6-15(14)27-19(16)20(24)26/h3-7,10-11,17H,8-9H2,1-2H3/t17-/m1/s1. The van der Waals surface area contributed by atoms with E-state index in [2.05, 4.69) is 20.9 Å². The van der Waals surface area contributed by atoms with E-state index in [9.17, 15) is 9.59 Å². The molecule has 0 N–H and O–H groups in total. The molecule has 0 spiro atoms. The van der Waals surface area contributed by atoms with Gasteiger partial charge < -0.3 is 14.2 Å². The number of amides is 1. The van der Waals surface area contributed by atoms with Gasteiger partial charge in [-0.15, -0.1) is 0 Å². The van der Waals surface area contributed by atoms with Gasteiger partial charge >= 0.3 is 0 Å². The second-order valence-electron chi connectivity index (χ2n) is 6.81. The first-order valence-corrected chi connectivity index (χ1v) is 9.38. The molecule has 0 saturated heterocycles. The summed E-state index contributed by atoms with van der Waals surface area (Å²) in [4.78, 5) is 34.3. The number of hydrogen-bond acceptors (Lipinski definition) is 5. The van der Waals surface area contributed by atoms with Gasteiger partial charge in [0.15, 0.2) is 5.43 Å². The fourth-order valence-electron chi connectivity index (χ4n) is 3.42. The smallest absolute Gasteiger partial charge is 0.290 e. The minimum absolute atomic E-state index is 0.127. The first-order chi connectivity index (χ1) is 13.0. The first kappa shape index (κ1) is 17.9. The molecule has 3 heterocycles. The zero-order valence-electron chi connectivity index (χ0n) is 15.0. The number of likely N-dealkylation sites (N-methyl/N-ethyl adjacent to an activating group) is 1. The molecule has 1 atom stereocenters. The van der Waals surface area contributed by atoms with E-state index in [4.69, 9.17) is 4.42 Å². The van der Waals surface area contributed by atoms with Crippen LogP contribution in [0.15, 0.2) is 56.4 Å². The quantitative estimate of drug-likeness (QED) is 0.639. The SMILES string of the molecule is CN(C)CCN1C(=O)c2oc3ccc(Br)cc3c(=O)c2[C@H]1c1cccnc1. The Hall–Kier alpha value is -2.51. The van der Waals surface area contributed by atoms with Crippen LogP contribution < -0.4 is 5.43 Å². The normalized spacial score (nSPS) is 16.4. The third-order valence-electron chi connectivity index (χ3n) is 4.72. The molecule has 4 rings (SSSR count). The Morgan fingerprint density at radius 3 is 2.78 bits per heavy atom. The van der Waals surface area contributed by atoms with Crippen LogP contribution in [0.1, 0.15) is 27.7 Å². The van der Waals surface area contributed by atoms with Gasteiger partial charge in [-0.1, -0.05) is 22.0 Å². The van der Waals surface area contributed by atoms with Crippen LogP contribution in [0.4, 0.5) is 0 Å². The molecular formula is C20H18BrN3O3. The van der Waals surface area contributed by atoms with E-state index in [0.717, 1.165) is 10.0 Å². The minimum Gasteiger partial charge on any atom is -0.450 e. The lowest BCUT2D eigenvalue weighted by Crippen LogP contribution is -2.35. The van der Waals surface area contributed by atoms with Crippen LogP contribution in [-0.4, -0.2) is 47.9 Å². The van der Waals surface area contributed by atoms with E-state index >= 15 is 0 Å². The third kappa shape index (κ3) is 3.07. The van der Waals surface area contributed by atoms with Crippen LogP contribution >= 0.6 is 15.9 Å². The van der Waals surface area contributed by atoms with Crippen LogP contribution in [-0.2, 0) is 0 Å². The van der Waals surface area contributed by atoms with Crippen molar-refractivity contribution in [3.8, 4) is 0 Å². The largest absolute Gasteiger partial charge is 0.450 e. The lowest BCUT2D eigenvalue weighted by atomic mass is 10.00. The molecule has 0 radical (unpaired) electrons. The number of carbonyl (C=O) groups is 1. The predicted octanol–water partition coefficient (Wildman–Crippen LogP) is 3.06. The molecule has 138 valence electrons. The number of benzene rings is 1. The molecule has 7 heteroatoms. The maximum atomic E-state index is 13.3. The van der Waals surface area contributed by atoms with Crippen molar-refractivity contribution in [1.82, 2.24) is 14.8 Å². The molecule has 1 amide bonds. The highest BCUT2D eigenvalue weighted by Gasteiger charge is 2.42. The first-order valence-electron chi connectivity index (χ1n) is 8.59. The number of nitrogens with zero attached hydrogens (tertiary/aromatic N) is 3. The number of fused-ring (bicyclic) bond motifs is 2. The lowest BCUT2D eigenvalue weighted by molar-refractivity contribution is 0.0716. The van der Waals surface area contributed by atoms with Crippen LogP contribution in [0.3, 0.4) is 0 Å². The van der Waals surface area contributed by atoms with Crippen molar-refractivity contribution in [1.29, 1.82) is 0 Å². The highest BCUT2D eigenvalue weighted by molar-refractivity contribution is 9.10. The summed E-state index contributed by atoms with van der Waals surface area (Å²) in [5.41, 5.74) is 1.42. The van der Waals surface area contributed by atoms with Crippen LogP contribution in [0.2, 0.25) is 0 Å². The fraction of sp³-hybridized carbons (Fsp3) is 0.250. The average molecular weight is 428 g/mol. The zero-order chi connectivity index (χ0) is 19.1. The van der Waals surface area contributed by atoms with E-state index in [1.54, 1.807) is 41.6 Å². The summed E-state index contributed by atoms with van der Waals surface area (Å²) in [5.74, 6) is -0.134. The molecule has 0 fully saturated rings. The molecule has 1 aliphatic heterocycles. The Labute approximate surface area is 164 Å². The molecule has 0 saturated carbocycles. The van der Waals surface area contributed by atoms with E-state index in [0.29, 0.717) is 29.6 Å². The Bertz CT molecular complexity index is 1080. The minimum atomic E-state index is -0.499.